The smallest absolute Gasteiger partial charge is 0.326 e. The van der Waals surface area contributed by atoms with Crippen molar-refractivity contribution in [2.45, 2.75) is 63.6 Å². The molecule has 2 atom stereocenters. The Morgan fingerprint density at radius 2 is 2.03 bits per heavy atom. The maximum atomic E-state index is 13.3. The van der Waals surface area contributed by atoms with E-state index in [1.807, 2.05) is 24.3 Å². The number of halogens is 1. The second-order valence-electron chi connectivity index (χ2n) is 8.88. The summed E-state index contributed by atoms with van der Waals surface area (Å²) in [6.45, 7) is 2.72. The van der Waals surface area contributed by atoms with Crippen LogP contribution in [0.5, 0.6) is 0 Å². The SMILES string of the molecule is C[C@H]1CCCC[C@@]12NC(=O)N(CN(Cc1nnc(-c3ccccc3Br)o1)C1CC1)C2=O. The fourth-order valence-corrected chi connectivity index (χ4v) is 5.23. The van der Waals surface area contributed by atoms with E-state index in [0.717, 1.165) is 48.6 Å². The van der Waals surface area contributed by atoms with Gasteiger partial charge in [0.25, 0.3) is 5.91 Å². The van der Waals surface area contributed by atoms with Crippen LogP contribution in [0.4, 0.5) is 4.79 Å². The summed E-state index contributed by atoms with van der Waals surface area (Å²) in [6, 6.07) is 7.72. The minimum absolute atomic E-state index is 0.0882. The van der Waals surface area contributed by atoms with Gasteiger partial charge in [-0.05, 0) is 59.7 Å². The predicted octanol–water partition coefficient (Wildman–Crippen LogP) is 3.92. The molecule has 1 saturated heterocycles. The van der Waals surface area contributed by atoms with E-state index in [-0.39, 0.29) is 24.5 Å². The maximum absolute atomic E-state index is 13.3. The second kappa shape index (κ2) is 8.02. The lowest BCUT2D eigenvalue weighted by Crippen LogP contribution is -2.54. The Kier molecular flexibility index (Phi) is 5.34. The molecule has 8 nitrogen and oxygen atoms in total. The van der Waals surface area contributed by atoms with Crippen molar-refractivity contribution >= 4 is 27.9 Å². The van der Waals surface area contributed by atoms with Crippen LogP contribution in [0.1, 0.15) is 51.3 Å². The third-order valence-electron chi connectivity index (χ3n) is 6.80. The highest BCUT2D eigenvalue weighted by atomic mass is 79.9. The van der Waals surface area contributed by atoms with Crippen LogP contribution in [0.25, 0.3) is 11.5 Å². The van der Waals surface area contributed by atoms with Crippen molar-refractivity contribution in [2.75, 3.05) is 6.67 Å². The molecule has 9 heteroatoms. The van der Waals surface area contributed by atoms with Gasteiger partial charge in [0.05, 0.1) is 18.8 Å². The first-order valence-corrected chi connectivity index (χ1v) is 11.7. The summed E-state index contributed by atoms with van der Waals surface area (Å²) in [5, 5.41) is 11.4. The molecular formula is C22H26BrN5O3. The molecule has 0 unspecified atom stereocenters. The summed E-state index contributed by atoms with van der Waals surface area (Å²) in [4.78, 5) is 29.6. The van der Waals surface area contributed by atoms with Crippen LogP contribution in [0.2, 0.25) is 0 Å². The molecule has 1 N–H and O–H groups in total. The van der Waals surface area contributed by atoms with Gasteiger partial charge in [0, 0.05) is 10.5 Å². The van der Waals surface area contributed by atoms with E-state index in [1.165, 1.54) is 4.90 Å². The molecule has 0 bridgehead atoms. The Morgan fingerprint density at radius 3 is 2.77 bits per heavy atom. The molecular weight excluding hydrogens is 462 g/mol. The molecule has 1 aromatic heterocycles. The number of urea groups is 1. The summed E-state index contributed by atoms with van der Waals surface area (Å²) in [7, 11) is 0. The van der Waals surface area contributed by atoms with Gasteiger partial charge in [0.2, 0.25) is 11.8 Å². The highest BCUT2D eigenvalue weighted by Crippen LogP contribution is 2.39. The lowest BCUT2D eigenvalue weighted by molar-refractivity contribution is -0.135. The summed E-state index contributed by atoms with van der Waals surface area (Å²) in [5.74, 6) is 0.989. The normalized spacial score (nSPS) is 26.2. The monoisotopic (exact) mass is 487 g/mol. The third-order valence-corrected chi connectivity index (χ3v) is 7.49. The quantitative estimate of drug-likeness (QED) is 0.620. The molecule has 3 amide bonds. The number of imide groups is 1. The zero-order valence-electron chi connectivity index (χ0n) is 17.5. The molecule has 3 aliphatic rings. The Morgan fingerprint density at radius 1 is 1.23 bits per heavy atom. The van der Waals surface area contributed by atoms with Crippen LogP contribution in [0.3, 0.4) is 0 Å². The van der Waals surface area contributed by atoms with Gasteiger partial charge in [0.1, 0.15) is 5.54 Å². The molecule has 2 saturated carbocycles. The Hall–Kier alpha value is -2.26. The molecule has 2 aliphatic carbocycles. The largest absolute Gasteiger partial charge is 0.419 e. The van der Waals surface area contributed by atoms with Crippen molar-refractivity contribution in [2.24, 2.45) is 5.92 Å². The van der Waals surface area contributed by atoms with Crippen LogP contribution < -0.4 is 5.32 Å². The second-order valence-corrected chi connectivity index (χ2v) is 9.74. The number of benzene rings is 1. The molecule has 164 valence electrons. The molecule has 1 aromatic carbocycles. The highest BCUT2D eigenvalue weighted by Gasteiger charge is 2.55. The summed E-state index contributed by atoms with van der Waals surface area (Å²) in [5.41, 5.74) is 0.100. The number of amides is 3. The van der Waals surface area contributed by atoms with Crippen molar-refractivity contribution in [1.82, 2.24) is 25.3 Å². The summed E-state index contributed by atoms with van der Waals surface area (Å²) >= 11 is 3.51. The van der Waals surface area contributed by atoms with Crippen LogP contribution in [0.15, 0.2) is 33.2 Å². The number of carbonyl (C=O) groups excluding carboxylic acids is 2. The zero-order chi connectivity index (χ0) is 21.6. The predicted molar refractivity (Wildman–Crippen MR) is 117 cm³/mol. The molecule has 0 radical (unpaired) electrons. The van der Waals surface area contributed by atoms with Crippen LogP contribution in [-0.2, 0) is 11.3 Å². The maximum Gasteiger partial charge on any atom is 0.326 e. The number of hydrogen-bond donors (Lipinski definition) is 1. The Balaban J connectivity index is 1.32. The molecule has 1 spiro atoms. The number of nitrogens with one attached hydrogen (secondary N) is 1. The summed E-state index contributed by atoms with van der Waals surface area (Å²) < 4.78 is 6.79. The minimum atomic E-state index is -0.734. The van der Waals surface area contributed by atoms with Crippen LogP contribution >= 0.6 is 15.9 Å². The number of nitrogens with zero attached hydrogens (tertiary/aromatic N) is 4. The van der Waals surface area contributed by atoms with Gasteiger partial charge in [-0.15, -0.1) is 10.2 Å². The molecule has 3 fully saturated rings. The van der Waals surface area contributed by atoms with E-state index in [9.17, 15) is 9.59 Å². The Labute approximate surface area is 189 Å². The average molecular weight is 488 g/mol. The number of rotatable bonds is 6. The first-order chi connectivity index (χ1) is 15.0. The molecule has 2 aromatic rings. The zero-order valence-corrected chi connectivity index (χ0v) is 19.1. The van der Waals surface area contributed by atoms with Crippen LogP contribution in [0, 0.1) is 5.92 Å². The molecule has 2 heterocycles. The average Bonchev–Trinajstić information content (AvgIpc) is 3.46. The van der Waals surface area contributed by atoms with Crippen molar-refractivity contribution in [3.05, 3.63) is 34.6 Å². The number of hydrogen-bond acceptors (Lipinski definition) is 6. The topological polar surface area (TPSA) is 91.6 Å². The fraction of sp³-hybridized carbons (Fsp3) is 0.545. The number of carbonyl (C=O) groups is 2. The highest BCUT2D eigenvalue weighted by molar-refractivity contribution is 9.10. The van der Waals surface area contributed by atoms with E-state index in [1.54, 1.807) is 0 Å². The first-order valence-electron chi connectivity index (χ1n) is 10.9. The van der Waals surface area contributed by atoms with Gasteiger partial charge >= 0.3 is 6.03 Å². The van der Waals surface area contributed by atoms with Crippen molar-refractivity contribution < 1.29 is 14.0 Å². The van der Waals surface area contributed by atoms with Gasteiger partial charge in [-0.2, -0.15) is 0 Å². The Bertz CT molecular complexity index is 1010. The fourth-order valence-electron chi connectivity index (χ4n) is 4.77. The van der Waals surface area contributed by atoms with Crippen LogP contribution in [-0.4, -0.2) is 50.2 Å². The molecule has 5 rings (SSSR count). The van der Waals surface area contributed by atoms with E-state index in [0.29, 0.717) is 24.4 Å². The van der Waals surface area contributed by atoms with Gasteiger partial charge in [-0.1, -0.05) is 31.9 Å². The van der Waals surface area contributed by atoms with E-state index in [4.69, 9.17) is 4.42 Å². The van der Waals surface area contributed by atoms with E-state index in [2.05, 4.69) is 43.3 Å². The van der Waals surface area contributed by atoms with E-state index >= 15 is 0 Å². The molecule has 1 aliphatic heterocycles. The lowest BCUT2D eigenvalue weighted by Gasteiger charge is -2.37. The van der Waals surface area contributed by atoms with Crippen molar-refractivity contribution in [1.29, 1.82) is 0 Å². The minimum Gasteiger partial charge on any atom is -0.419 e. The first kappa shape index (κ1) is 20.6. The van der Waals surface area contributed by atoms with E-state index < -0.39 is 5.54 Å². The lowest BCUT2D eigenvalue weighted by atomic mass is 9.73. The van der Waals surface area contributed by atoms with Crippen molar-refractivity contribution in [3.8, 4) is 11.5 Å². The van der Waals surface area contributed by atoms with Gasteiger partial charge < -0.3 is 9.73 Å². The summed E-state index contributed by atoms with van der Waals surface area (Å²) in [6.07, 6.45) is 5.84. The third kappa shape index (κ3) is 3.78. The van der Waals surface area contributed by atoms with Gasteiger partial charge in [0.15, 0.2) is 0 Å². The van der Waals surface area contributed by atoms with Gasteiger partial charge in [-0.25, -0.2) is 9.69 Å². The number of aromatic nitrogens is 2. The van der Waals surface area contributed by atoms with Gasteiger partial charge in [-0.3, -0.25) is 9.69 Å². The molecule has 31 heavy (non-hydrogen) atoms. The standard InChI is InChI=1S/C22H26BrN5O3/c1-14-6-4-5-11-22(14)20(29)28(21(30)24-22)13-27(15-9-10-15)12-18-25-26-19(31-18)16-7-2-3-8-17(16)23/h2-3,7-8,14-15H,4-6,9-13H2,1H3,(H,24,30)/t14-,22+/m0/s1. The van der Waals surface area contributed by atoms with Crippen molar-refractivity contribution in [3.63, 3.8) is 0 Å².